The zero-order valence-electron chi connectivity index (χ0n) is 8.51. The molecule has 0 atom stereocenters. The molecule has 0 spiro atoms. The summed E-state index contributed by atoms with van der Waals surface area (Å²) < 4.78 is 0. The Morgan fingerprint density at radius 2 is 1.50 bits per heavy atom. The lowest BCUT2D eigenvalue weighted by Gasteiger charge is -2.19. The lowest BCUT2D eigenvalue weighted by Crippen LogP contribution is -1.94. The maximum atomic E-state index is 9.32. The van der Waals surface area contributed by atoms with E-state index >= 15 is 0 Å². The zero-order chi connectivity index (χ0) is 11.0. The van der Waals surface area contributed by atoms with E-state index in [1.54, 1.807) is 23.5 Å². The van der Waals surface area contributed by atoms with Crippen LogP contribution in [0.15, 0.2) is 62.0 Å². The van der Waals surface area contributed by atoms with Crippen LogP contribution in [0.25, 0.3) is 0 Å². The van der Waals surface area contributed by atoms with Gasteiger partial charge in [-0.2, -0.15) is 0 Å². The summed E-state index contributed by atoms with van der Waals surface area (Å²) in [6, 6.07) is 14.5. The maximum Gasteiger partial charge on any atom is 0.0693 e. The zero-order valence-corrected chi connectivity index (χ0v) is 10.1. The van der Waals surface area contributed by atoms with Crippen molar-refractivity contribution in [2.75, 3.05) is 0 Å². The van der Waals surface area contributed by atoms with Gasteiger partial charge in [0.25, 0.3) is 0 Å². The van der Waals surface area contributed by atoms with E-state index in [2.05, 4.69) is 30.3 Å². The van der Waals surface area contributed by atoms with E-state index in [4.69, 9.17) is 0 Å². The minimum atomic E-state index is 0.110. The van der Waals surface area contributed by atoms with Crippen LogP contribution in [0.1, 0.15) is 5.56 Å². The van der Waals surface area contributed by atoms with Crippen molar-refractivity contribution in [3.63, 3.8) is 0 Å². The second kappa shape index (κ2) is 4.17. The highest BCUT2D eigenvalue weighted by molar-refractivity contribution is 8.05. The van der Waals surface area contributed by atoms with Crippen LogP contribution in [0.5, 0.6) is 0 Å². The van der Waals surface area contributed by atoms with Crippen LogP contribution in [-0.2, 0) is 6.61 Å². The van der Waals surface area contributed by atoms with Gasteiger partial charge in [-0.3, -0.25) is 0 Å². The van der Waals surface area contributed by atoms with Gasteiger partial charge < -0.3 is 5.11 Å². The number of hydrogen-bond donors (Lipinski definition) is 1. The largest absolute Gasteiger partial charge is 0.392 e. The fourth-order valence-electron chi connectivity index (χ4n) is 1.73. The van der Waals surface area contributed by atoms with Crippen LogP contribution in [0.3, 0.4) is 0 Å². The van der Waals surface area contributed by atoms with Crippen LogP contribution in [0, 0.1) is 0 Å². The van der Waals surface area contributed by atoms with Crippen molar-refractivity contribution in [3.05, 3.63) is 48.0 Å². The van der Waals surface area contributed by atoms with E-state index in [1.807, 2.05) is 12.1 Å². The summed E-state index contributed by atoms with van der Waals surface area (Å²) in [7, 11) is 0. The van der Waals surface area contributed by atoms with Gasteiger partial charge in [-0.15, -0.1) is 0 Å². The van der Waals surface area contributed by atoms with Gasteiger partial charge in [-0.05, 0) is 23.8 Å². The first kappa shape index (κ1) is 10.3. The number of rotatable bonds is 1. The second-order valence-electron chi connectivity index (χ2n) is 3.55. The first-order valence-electron chi connectivity index (χ1n) is 5.06. The number of benzene rings is 2. The molecule has 16 heavy (non-hydrogen) atoms. The molecule has 1 heterocycles. The van der Waals surface area contributed by atoms with Crippen molar-refractivity contribution >= 4 is 23.5 Å². The molecule has 1 nitrogen and oxygen atoms in total. The Morgan fingerprint density at radius 1 is 0.812 bits per heavy atom. The van der Waals surface area contributed by atoms with E-state index < -0.39 is 0 Å². The Balaban J connectivity index is 2.12. The molecule has 0 radical (unpaired) electrons. The van der Waals surface area contributed by atoms with E-state index in [0.717, 1.165) is 5.56 Å². The van der Waals surface area contributed by atoms with E-state index in [9.17, 15) is 5.11 Å². The van der Waals surface area contributed by atoms with Gasteiger partial charge >= 0.3 is 0 Å². The molecule has 1 aliphatic rings. The molecule has 1 aliphatic heterocycles. The SMILES string of the molecule is OCc1cccc2c1Sc1ccccc1S2. The molecule has 3 heteroatoms. The Morgan fingerprint density at radius 3 is 2.25 bits per heavy atom. The molecule has 0 aromatic heterocycles. The minimum Gasteiger partial charge on any atom is -0.392 e. The minimum absolute atomic E-state index is 0.110. The van der Waals surface area contributed by atoms with Crippen molar-refractivity contribution in [2.45, 2.75) is 26.2 Å². The summed E-state index contributed by atoms with van der Waals surface area (Å²) in [5, 5.41) is 9.32. The van der Waals surface area contributed by atoms with Crippen LogP contribution in [0.2, 0.25) is 0 Å². The number of hydrogen-bond acceptors (Lipinski definition) is 3. The summed E-state index contributed by atoms with van der Waals surface area (Å²) in [6.45, 7) is 0.110. The Bertz CT molecular complexity index is 537. The summed E-state index contributed by atoms with van der Waals surface area (Å²) >= 11 is 3.53. The van der Waals surface area contributed by atoms with Crippen LogP contribution in [0.4, 0.5) is 0 Å². The van der Waals surface area contributed by atoms with Crippen LogP contribution in [-0.4, -0.2) is 5.11 Å². The highest BCUT2D eigenvalue weighted by Gasteiger charge is 2.18. The molecule has 0 amide bonds. The topological polar surface area (TPSA) is 20.2 Å². The molecule has 0 saturated carbocycles. The normalized spacial score (nSPS) is 13.1. The molecule has 1 N–H and O–H groups in total. The monoisotopic (exact) mass is 246 g/mol. The molecule has 0 aliphatic carbocycles. The fraction of sp³-hybridized carbons (Fsp3) is 0.0769. The molecule has 0 fully saturated rings. The van der Waals surface area contributed by atoms with Crippen molar-refractivity contribution < 1.29 is 5.11 Å². The van der Waals surface area contributed by atoms with Gasteiger partial charge in [-0.1, -0.05) is 47.8 Å². The average Bonchev–Trinajstić information content (AvgIpc) is 2.35. The summed E-state index contributed by atoms with van der Waals surface area (Å²) in [4.78, 5) is 5.03. The molecular formula is C13H10OS2. The van der Waals surface area contributed by atoms with Crippen LogP contribution >= 0.6 is 23.5 Å². The molecule has 0 bridgehead atoms. The third-order valence-corrected chi connectivity index (χ3v) is 5.17. The van der Waals surface area contributed by atoms with Gasteiger partial charge in [-0.25, -0.2) is 0 Å². The van der Waals surface area contributed by atoms with Crippen molar-refractivity contribution in [3.8, 4) is 0 Å². The molecule has 2 aromatic carbocycles. The number of fused-ring (bicyclic) bond motifs is 2. The molecule has 2 aromatic rings. The van der Waals surface area contributed by atoms with Crippen molar-refractivity contribution in [1.82, 2.24) is 0 Å². The van der Waals surface area contributed by atoms with E-state index in [0.29, 0.717) is 0 Å². The van der Waals surface area contributed by atoms with Gasteiger partial charge in [0, 0.05) is 19.6 Å². The van der Waals surface area contributed by atoms with Crippen molar-refractivity contribution in [2.24, 2.45) is 0 Å². The summed E-state index contributed by atoms with van der Waals surface area (Å²) in [6.07, 6.45) is 0. The number of aliphatic hydroxyl groups excluding tert-OH is 1. The molecule has 0 saturated heterocycles. The van der Waals surface area contributed by atoms with E-state index in [-0.39, 0.29) is 6.61 Å². The van der Waals surface area contributed by atoms with Crippen LogP contribution < -0.4 is 0 Å². The third-order valence-electron chi connectivity index (χ3n) is 2.51. The molecular weight excluding hydrogens is 236 g/mol. The predicted molar refractivity (Wildman–Crippen MR) is 67.1 cm³/mol. The summed E-state index contributed by atoms with van der Waals surface area (Å²) in [5.41, 5.74) is 1.02. The first-order valence-corrected chi connectivity index (χ1v) is 6.69. The lowest BCUT2D eigenvalue weighted by atomic mass is 10.2. The highest BCUT2D eigenvalue weighted by Crippen LogP contribution is 2.49. The smallest absolute Gasteiger partial charge is 0.0693 e. The molecule has 3 rings (SSSR count). The van der Waals surface area contributed by atoms with Gasteiger partial charge in [0.1, 0.15) is 0 Å². The molecule has 0 unspecified atom stereocenters. The quantitative estimate of drug-likeness (QED) is 0.705. The second-order valence-corrected chi connectivity index (χ2v) is 5.69. The van der Waals surface area contributed by atoms with Gasteiger partial charge in [0.2, 0.25) is 0 Å². The van der Waals surface area contributed by atoms with Gasteiger partial charge in [0.05, 0.1) is 6.61 Å². The average molecular weight is 246 g/mol. The predicted octanol–water partition coefficient (Wildman–Crippen LogP) is 3.79. The Hall–Kier alpha value is -0.900. The van der Waals surface area contributed by atoms with Gasteiger partial charge in [0.15, 0.2) is 0 Å². The van der Waals surface area contributed by atoms with E-state index in [1.165, 1.54) is 19.6 Å². The first-order chi connectivity index (χ1) is 7.88. The third kappa shape index (κ3) is 1.65. The molecule has 80 valence electrons. The standard InChI is InChI=1S/C13H10OS2/c14-8-9-4-3-7-12-13(9)16-11-6-2-1-5-10(11)15-12/h1-7,14H,8H2. The highest BCUT2D eigenvalue weighted by atomic mass is 32.2. The maximum absolute atomic E-state index is 9.32. The summed E-state index contributed by atoms with van der Waals surface area (Å²) in [5.74, 6) is 0. The number of aliphatic hydroxyl groups is 1. The fourth-order valence-corrected chi connectivity index (χ4v) is 4.12. The Kier molecular flexibility index (Phi) is 2.67. The van der Waals surface area contributed by atoms with Crippen molar-refractivity contribution in [1.29, 1.82) is 0 Å². The lowest BCUT2D eigenvalue weighted by molar-refractivity contribution is 0.278. The Labute approximate surface area is 103 Å².